The van der Waals surface area contributed by atoms with Crippen molar-refractivity contribution < 1.29 is 4.79 Å². The van der Waals surface area contributed by atoms with Gasteiger partial charge >= 0.3 is 0 Å². The van der Waals surface area contributed by atoms with Gasteiger partial charge in [0.05, 0.1) is 12.1 Å². The Bertz CT molecular complexity index is 571. The average Bonchev–Trinajstić information content (AvgIpc) is 2.82. The number of nitrogens with one attached hydrogen (secondary N) is 2. The topological polar surface area (TPSA) is 54.0 Å². The van der Waals surface area contributed by atoms with E-state index in [0.717, 1.165) is 15.9 Å². The monoisotopic (exact) mass is 339 g/mol. The Labute approximate surface area is 124 Å². The highest BCUT2D eigenvalue weighted by molar-refractivity contribution is 9.10. The molecule has 0 aromatic carbocycles. The number of rotatable bonds is 5. The van der Waals surface area contributed by atoms with Crippen molar-refractivity contribution in [3.63, 3.8) is 0 Å². The summed E-state index contributed by atoms with van der Waals surface area (Å²) >= 11 is 5.05. The summed E-state index contributed by atoms with van der Waals surface area (Å²) in [5.74, 6) is 0.497. The van der Waals surface area contributed by atoms with Crippen LogP contribution in [0, 0.1) is 0 Å². The molecule has 0 aliphatic carbocycles. The van der Waals surface area contributed by atoms with Crippen molar-refractivity contribution in [3.8, 4) is 0 Å². The minimum atomic E-state index is -0.121. The molecule has 0 fully saturated rings. The highest BCUT2D eigenvalue weighted by atomic mass is 79.9. The van der Waals surface area contributed by atoms with Crippen molar-refractivity contribution >= 4 is 39.0 Å². The molecular formula is C13H14BrN3OS. The molecule has 0 saturated carbocycles. The molecule has 0 unspecified atom stereocenters. The molecule has 4 nitrogen and oxygen atoms in total. The summed E-state index contributed by atoms with van der Waals surface area (Å²) in [6.07, 6.45) is 1.67. The van der Waals surface area contributed by atoms with Crippen LogP contribution in [0.2, 0.25) is 0 Å². The number of hydrogen-bond donors (Lipinski definition) is 2. The molecule has 0 saturated heterocycles. The number of anilines is 1. The molecule has 19 heavy (non-hydrogen) atoms. The molecule has 2 N–H and O–H groups in total. The molecule has 0 aliphatic rings. The molecule has 1 amide bonds. The quantitative estimate of drug-likeness (QED) is 0.878. The lowest BCUT2D eigenvalue weighted by Gasteiger charge is -2.09. The van der Waals surface area contributed by atoms with Gasteiger partial charge in [-0.25, -0.2) is 4.98 Å². The van der Waals surface area contributed by atoms with Crippen LogP contribution in [0.25, 0.3) is 0 Å². The van der Waals surface area contributed by atoms with Crippen molar-refractivity contribution in [3.05, 3.63) is 44.7 Å². The standard InChI is InChI=1S/C13H14BrN3OS/c1-2-15-12-9(4-3-6-16-12)13(18)17-8-11-10(14)5-7-19-11/h3-7H,2,8H2,1H3,(H,15,16)(H,17,18). The third kappa shape index (κ3) is 3.54. The molecule has 0 spiro atoms. The zero-order valence-electron chi connectivity index (χ0n) is 10.4. The predicted octanol–water partition coefficient (Wildman–Crippen LogP) is 3.27. The molecule has 0 aliphatic heterocycles. The van der Waals surface area contributed by atoms with E-state index in [2.05, 4.69) is 31.5 Å². The van der Waals surface area contributed by atoms with E-state index >= 15 is 0 Å². The van der Waals surface area contributed by atoms with E-state index in [4.69, 9.17) is 0 Å². The molecule has 0 radical (unpaired) electrons. The van der Waals surface area contributed by atoms with Gasteiger partial charge in [0.15, 0.2) is 0 Å². The van der Waals surface area contributed by atoms with Crippen LogP contribution >= 0.6 is 27.3 Å². The molecule has 100 valence electrons. The summed E-state index contributed by atoms with van der Waals surface area (Å²) in [7, 11) is 0. The fourth-order valence-corrected chi connectivity index (χ4v) is 3.04. The van der Waals surface area contributed by atoms with E-state index in [9.17, 15) is 4.79 Å². The third-order valence-electron chi connectivity index (χ3n) is 2.50. The van der Waals surface area contributed by atoms with Gasteiger partial charge in [-0.1, -0.05) is 0 Å². The maximum atomic E-state index is 12.1. The maximum Gasteiger partial charge on any atom is 0.255 e. The minimum Gasteiger partial charge on any atom is -0.370 e. The van der Waals surface area contributed by atoms with Gasteiger partial charge in [-0.3, -0.25) is 4.79 Å². The lowest BCUT2D eigenvalue weighted by atomic mass is 10.2. The van der Waals surface area contributed by atoms with E-state index in [1.54, 1.807) is 29.7 Å². The number of carbonyl (C=O) groups is 1. The average molecular weight is 340 g/mol. The first-order valence-corrected chi connectivity index (χ1v) is 7.58. The zero-order valence-corrected chi connectivity index (χ0v) is 12.8. The van der Waals surface area contributed by atoms with Crippen LogP contribution in [0.15, 0.2) is 34.2 Å². The number of halogens is 1. The van der Waals surface area contributed by atoms with Gasteiger partial charge in [0.25, 0.3) is 5.91 Å². The Balaban J connectivity index is 2.06. The second-order valence-corrected chi connectivity index (χ2v) is 5.66. The van der Waals surface area contributed by atoms with E-state index in [0.29, 0.717) is 17.9 Å². The first-order valence-electron chi connectivity index (χ1n) is 5.91. The number of pyridine rings is 1. The summed E-state index contributed by atoms with van der Waals surface area (Å²) in [5, 5.41) is 7.97. The van der Waals surface area contributed by atoms with E-state index < -0.39 is 0 Å². The van der Waals surface area contributed by atoms with Crippen LogP contribution in [0.5, 0.6) is 0 Å². The number of carbonyl (C=O) groups excluding carboxylic acids is 1. The van der Waals surface area contributed by atoms with Gasteiger partial charge in [-0.05, 0) is 46.4 Å². The Morgan fingerprint density at radius 3 is 3.00 bits per heavy atom. The highest BCUT2D eigenvalue weighted by Gasteiger charge is 2.12. The number of nitrogens with zero attached hydrogens (tertiary/aromatic N) is 1. The van der Waals surface area contributed by atoms with Gasteiger partial charge in [0.2, 0.25) is 0 Å². The first kappa shape index (κ1) is 14.0. The molecule has 0 atom stereocenters. The van der Waals surface area contributed by atoms with Crippen LogP contribution < -0.4 is 10.6 Å². The van der Waals surface area contributed by atoms with Crippen molar-refractivity contribution in [1.29, 1.82) is 0 Å². The summed E-state index contributed by atoms with van der Waals surface area (Å²) in [6, 6.07) is 5.50. The lowest BCUT2D eigenvalue weighted by molar-refractivity contribution is 0.0952. The highest BCUT2D eigenvalue weighted by Crippen LogP contribution is 2.22. The van der Waals surface area contributed by atoms with Crippen molar-refractivity contribution in [1.82, 2.24) is 10.3 Å². The molecule has 2 aromatic heterocycles. The smallest absolute Gasteiger partial charge is 0.255 e. The van der Waals surface area contributed by atoms with Crippen molar-refractivity contribution in [2.75, 3.05) is 11.9 Å². The molecular weight excluding hydrogens is 326 g/mol. The van der Waals surface area contributed by atoms with Gasteiger partial charge in [-0.15, -0.1) is 11.3 Å². The second kappa shape index (κ2) is 6.68. The summed E-state index contributed by atoms with van der Waals surface area (Å²) in [4.78, 5) is 17.4. The summed E-state index contributed by atoms with van der Waals surface area (Å²) in [6.45, 7) is 3.21. The summed E-state index contributed by atoms with van der Waals surface area (Å²) < 4.78 is 1.02. The Morgan fingerprint density at radius 2 is 2.32 bits per heavy atom. The van der Waals surface area contributed by atoms with Gasteiger partial charge < -0.3 is 10.6 Å². The van der Waals surface area contributed by atoms with Crippen LogP contribution in [0.4, 0.5) is 5.82 Å². The fraction of sp³-hybridized carbons (Fsp3) is 0.231. The minimum absolute atomic E-state index is 0.121. The normalized spacial score (nSPS) is 10.2. The maximum absolute atomic E-state index is 12.1. The summed E-state index contributed by atoms with van der Waals surface area (Å²) in [5.41, 5.74) is 0.567. The Kier molecular flexibility index (Phi) is 4.93. The van der Waals surface area contributed by atoms with Gasteiger partial charge in [0.1, 0.15) is 5.82 Å². The number of amides is 1. The number of hydrogen-bond acceptors (Lipinski definition) is 4. The molecule has 6 heteroatoms. The van der Waals surface area contributed by atoms with Gasteiger partial charge in [0, 0.05) is 22.1 Å². The van der Waals surface area contributed by atoms with Crippen LogP contribution in [0.1, 0.15) is 22.2 Å². The lowest BCUT2D eigenvalue weighted by Crippen LogP contribution is -2.24. The molecule has 2 heterocycles. The third-order valence-corrected chi connectivity index (χ3v) is 4.42. The SMILES string of the molecule is CCNc1ncccc1C(=O)NCc1sccc1Br. The first-order chi connectivity index (χ1) is 9.22. The molecule has 2 aromatic rings. The van der Waals surface area contributed by atoms with Crippen LogP contribution in [-0.4, -0.2) is 17.4 Å². The number of aromatic nitrogens is 1. The fourth-order valence-electron chi connectivity index (χ4n) is 1.60. The van der Waals surface area contributed by atoms with Crippen molar-refractivity contribution in [2.45, 2.75) is 13.5 Å². The zero-order chi connectivity index (χ0) is 13.7. The Morgan fingerprint density at radius 1 is 1.47 bits per heavy atom. The van der Waals surface area contributed by atoms with E-state index in [1.807, 2.05) is 18.4 Å². The molecule has 0 bridgehead atoms. The number of thiophene rings is 1. The predicted molar refractivity (Wildman–Crippen MR) is 81.6 cm³/mol. The van der Waals surface area contributed by atoms with Gasteiger partial charge in [-0.2, -0.15) is 0 Å². The van der Waals surface area contributed by atoms with Crippen LogP contribution in [0.3, 0.4) is 0 Å². The van der Waals surface area contributed by atoms with Crippen molar-refractivity contribution in [2.24, 2.45) is 0 Å². The largest absolute Gasteiger partial charge is 0.370 e. The van der Waals surface area contributed by atoms with E-state index in [1.165, 1.54) is 0 Å². The van der Waals surface area contributed by atoms with Crippen LogP contribution in [-0.2, 0) is 6.54 Å². The second-order valence-electron chi connectivity index (χ2n) is 3.80. The Hall–Kier alpha value is -1.40. The van der Waals surface area contributed by atoms with E-state index in [-0.39, 0.29) is 5.91 Å². The molecule has 2 rings (SSSR count).